The van der Waals surface area contributed by atoms with Crippen molar-refractivity contribution in [3.05, 3.63) is 34.5 Å². The van der Waals surface area contributed by atoms with E-state index in [1.807, 2.05) is 26.0 Å². The van der Waals surface area contributed by atoms with Crippen molar-refractivity contribution in [1.29, 1.82) is 0 Å². The monoisotopic (exact) mass is 291 g/mol. The minimum atomic E-state index is 0.0549. The Morgan fingerprint density at radius 1 is 1.35 bits per heavy atom. The Balaban J connectivity index is 2.16. The highest BCUT2D eigenvalue weighted by Crippen LogP contribution is 2.28. The molecule has 1 atom stereocenters. The molecule has 0 saturated carbocycles. The number of nitrogen functional groups attached to an aromatic ring is 1. The van der Waals surface area contributed by atoms with Gasteiger partial charge in [-0.15, -0.1) is 11.3 Å². The molecule has 2 aromatic heterocycles. The van der Waals surface area contributed by atoms with Gasteiger partial charge in [0, 0.05) is 4.88 Å². The molecule has 0 aliphatic rings. The van der Waals surface area contributed by atoms with Gasteiger partial charge in [-0.25, -0.2) is 0 Å². The zero-order chi connectivity index (χ0) is 14.5. The average Bonchev–Trinajstić information content (AvgIpc) is 2.93. The van der Waals surface area contributed by atoms with E-state index in [-0.39, 0.29) is 12.1 Å². The van der Waals surface area contributed by atoms with Gasteiger partial charge in [-0.3, -0.25) is 0 Å². The minimum absolute atomic E-state index is 0.0549. The molecule has 0 aliphatic carbocycles. The third-order valence-electron chi connectivity index (χ3n) is 2.85. The summed E-state index contributed by atoms with van der Waals surface area (Å²) in [6.07, 6.45) is 1.05. The predicted molar refractivity (Wildman–Crippen MR) is 85.4 cm³/mol. The molecule has 0 amide bonds. The van der Waals surface area contributed by atoms with Crippen LogP contribution in [-0.4, -0.2) is 11.1 Å². The minimum Gasteiger partial charge on any atom is -0.473 e. The van der Waals surface area contributed by atoms with Crippen LogP contribution in [0.2, 0.25) is 0 Å². The molecule has 5 heteroatoms. The Labute approximate surface area is 124 Å². The Morgan fingerprint density at radius 3 is 2.75 bits per heavy atom. The fraction of sp³-hybridized carbons (Fsp3) is 0.400. The van der Waals surface area contributed by atoms with E-state index in [2.05, 4.69) is 34.7 Å². The predicted octanol–water partition coefficient (Wildman–Crippen LogP) is 4.08. The molecule has 0 saturated heterocycles. The zero-order valence-corrected chi connectivity index (χ0v) is 12.9. The third-order valence-corrected chi connectivity index (χ3v) is 3.84. The second-order valence-corrected chi connectivity index (χ2v) is 5.86. The lowest BCUT2D eigenvalue weighted by Gasteiger charge is -2.18. The molecule has 1 unspecified atom stereocenters. The standard InChI is InChI=1S/C15H21N3OS/c1-4-12(13-6-5-9-20-13)17-14-8-7-11(16)15(18-14)19-10(2)3/h5-10,12H,4,16H2,1-3H3,(H,17,18). The molecule has 3 N–H and O–H groups in total. The highest BCUT2D eigenvalue weighted by molar-refractivity contribution is 7.10. The number of hydrogen-bond donors (Lipinski definition) is 2. The van der Waals surface area contributed by atoms with Gasteiger partial charge >= 0.3 is 0 Å². The van der Waals surface area contributed by atoms with Crippen LogP contribution < -0.4 is 15.8 Å². The van der Waals surface area contributed by atoms with Crippen LogP contribution in [0.5, 0.6) is 5.88 Å². The number of pyridine rings is 1. The summed E-state index contributed by atoms with van der Waals surface area (Å²) in [5.74, 6) is 1.28. The van der Waals surface area contributed by atoms with Crippen LogP contribution in [0.4, 0.5) is 11.5 Å². The number of anilines is 2. The molecule has 0 aromatic carbocycles. The van der Waals surface area contributed by atoms with E-state index in [9.17, 15) is 0 Å². The van der Waals surface area contributed by atoms with E-state index < -0.39 is 0 Å². The van der Waals surface area contributed by atoms with Crippen molar-refractivity contribution >= 4 is 22.8 Å². The maximum absolute atomic E-state index is 5.88. The molecule has 0 aliphatic heterocycles. The van der Waals surface area contributed by atoms with Crippen molar-refractivity contribution in [1.82, 2.24) is 4.98 Å². The molecule has 4 nitrogen and oxygen atoms in total. The number of nitrogens with two attached hydrogens (primary N) is 1. The number of hydrogen-bond acceptors (Lipinski definition) is 5. The first-order chi connectivity index (χ1) is 9.60. The summed E-state index contributed by atoms with van der Waals surface area (Å²) in [5, 5.41) is 5.52. The summed E-state index contributed by atoms with van der Waals surface area (Å²) < 4.78 is 5.62. The molecule has 0 fully saturated rings. The third kappa shape index (κ3) is 3.63. The lowest BCUT2D eigenvalue weighted by Crippen LogP contribution is -2.12. The van der Waals surface area contributed by atoms with Crippen molar-refractivity contribution in [2.24, 2.45) is 0 Å². The fourth-order valence-corrected chi connectivity index (χ4v) is 2.75. The number of nitrogens with zero attached hydrogens (tertiary/aromatic N) is 1. The lowest BCUT2D eigenvalue weighted by molar-refractivity contribution is 0.234. The number of rotatable bonds is 6. The smallest absolute Gasteiger partial charge is 0.239 e. The van der Waals surface area contributed by atoms with Gasteiger partial charge in [-0.1, -0.05) is 13.0 Å². The van der Waals surface area contributed by atoms with E-state index in [0.29, 0.717) is 11.6 Å². The maximum atomic E-state index is 5.88. The van der Waals surface area contributed by atoms with Gasteiger partial charge in [-0.2, -0.15) is 4.98 Å². The van der Waals surface area contributed by atoms with E-state index in [0.717, 1.165) is 12.2 Å². The van der Waals surface area contributed by atoms with Gasteiger partial charge in [0.2, 0.25) is 5.88 Å². The van der Waals surface area contributed by atoms with Crippen molar-refractivity contribution in [2.75, 3.05) is 11.1 Å². The number of thiophene rings is 1. The zero-order valence-electron chi connectivity index (χ0n) is 12.1. The summed E-state index contributed by atoms with van der Waals surface area (Å²) in [6.45, 7) is 6.07. The summed E-state index contributed by atoms with van der Waals surface area (Å²) in [7, 11) is 0. The summed E-state index contributed by atoms with van der Waals surface area (Å²) in [5.41, 5.74) is 6.45. The maximum Gasteiger partial charge on any atom is 0.239 e. The van der Waals surface area contributed by atoms with E-state index in [4.69, 9.17) is 10.5 Å². The molecule has 2 aromatic rings. The van der Waals surface area contributed by atoms with Gasteiger partial charge in [0.15, 0.2) is 0 Å². The molecule has 2 rings (SSSR count). The Hall–Kier alpha value is -1.75. The highest BCUT2D eigenvalue weighted by atomic mass is 32.1. The molecule has 2 heterocycles. The van der Waals surface area contributed by atoms with Crippen molar-refractivity contribution in [3.8, 4) is 5.88 Å². The molecular weight excluding hydrogens is 270 g/mol. The molecular formula is C15H21N3OS. The SMILES string of the molecule is CCC(Nc1ccc(N)c(OC(C)C)n1)c1cccs1. The van der Waals surface area contributed by atoms with Crippen LogP contribution >= 0.6 is 11.3 Å². The van der Waals surface area contributed by atoms with Crippen LogP contribution in [0.15, 0.2) is 29.6 Å². The van der Waals surface area contributed by atoms with Crippen molar-refractivity contribution < 1.29 is 4.74 Å². The first kappa shape index (κ1) is 14.7. The van der Waals surface area contributed by atoms with Crippen LogP contribution in [0.3, 0.4) is 0 Å². The number of aromatic nitrogens is 1. The van der Waals surface area contributed by atoms with Crippen LogP contribution in [0.1, 0.15) is 38.1 Å². The van der Waals surface area contributed by atoms with E-state index >= 15 is 0 Å². The quantitative estimate of drug-likeness (QED) is 0.842. The second-order valence-electron chi connectivity index (χ2n) is 4.88. The van der Waals surface area contributed by atoms with Gasteiger partial charge in [-0.05, 0) is 43.8 Å². The van der Waals surface area contributed by atoms with Gasteiger partial charge in [0.05, 0.1) is 17.8 Å². The Bertz CT molecular complexity index is 540. The average molecular weight is 291 g/mol. The topological polar surface area (TPSA) is 60.2 Å². The van der Waals surface area contributed by atoms with Crippen molar-refractivity contribution in [2.45, 2.75) is 39.3 Å². The second kappa shape index (κ2) is 6.61. The highest BCUT2D eigenvalue weighted by Gasteiger charge is 2.12. The summed E-state index contributed by atoms with van der Waals surface area (Å²) >= 11 is 1.75. The summed E-state index contributed by atoms with van der Waals surface area (Å²) in [4.78, 5) is 5.76. The molecule has 0 spiro atoms. The molecule has 0 bridgehead atoms. The van der Waals surface area contributed by atoms with E-state index in [1.165, 1.54) is 4.88 Å². The van der Waals surface area contributed by atoms with Crippen molar-refractivity contribution in [3.63, 3.8) is 0 Å². The molecule has 20 heavy (non-hydrogen) atoms. The number of nitrogens with one attached hydrogen (secondary N) is 1. The Morgan fingerprint density at radius 2 is 2.15 bits per heavy atom. The normalized spacial score (nSPS) is 12.4. The first-order valence-electron chi connectivity index (χ1n) is 6.83. The van der Waals surface area contributed by atoms with Gasteiger partial charge in [0.25, 0.3) is 0 Å². The van der Waals surface area contributed by atoms with Gasteiger partial charge in [0.1, 0.15) is 5.82 Å². The number of ether oxygens (including phenoxy) is 1. The van der Waals surface area contributed by atoms with Crippen LogP contribution in [0.25, 0.3) is 0 Å². The summed E-state index contributed by atoms with van der Waals surface area (Å²) in [6, 6.07) is 8.17. The lowest BCUT2D eigenvalue weighted by atomic mass is 10.2. The van der Waals surface area contributed by atoms with E-state index in [1.54, 1.807) is 11.3 Å². The Kier molecular flexibility index (Phi) is 4.84. The van der Waals surface area contributed by atoms with Gasteiger partial charge < -0.3 is 15.8 Å². The van der Waals surface area contributed by atoms with Crippen LogP contribution in [0, 0.1) is 0 Å². The molecule has 0 radical (unpaired) electrons. The largest absolute Gasteiger partial charge is 0.473 e. The fourth-order valence-electron chi connectivity index (χ4n) is 1.89. The first-order valence-corrected chi connectivity index (χ1v) is 7.71. The van der Waals surface area contributed by atoms with Crippen LogP contribution in [-0.2, 0) is 0 Å². The molecule has 108 valence electrons.